The lowest BCUT2D eigenvalue weighted by molar-refractivity contribution is 0.103. The van der Waals surface area contributed by atoms with Crippen LogP contribution in [-0.4, -0.2) is 21.0 Å². The third-order valence-electron chi connectivity index (χ3n) is 4.41. The number of carbonyl (C=O) groups is 1. The molecule has 0 bridgehead atoms. The zero-order valence-electron chi connectivity index (χ0n) is 14.9. The molecule has 0 aliphatic heterocycles. The van der Waals surface area contributed by atoms with E-state index in [9.17, 15) is 4.79 Å². The Balaban J connectivity index is 1.91. The molecule has 1 aromatic heterocycles. The number of benzene rings is 3. The smallest absolute Gasteiger partial charge is 0.194 e. The van der Waals surface area contributed by atoms with Gasteiger partial charge >= 0.3 is 0 Å². The first-order valence-electron chi connectivity index (χ1n) is 8.54. The van der Waals surface area contributed by atoms with Gasteiger partial charge in [-0.25, -0.2) is 4.98 Å². The minimum absolute atomic E-state index is 0.0871. The molecular weight excluding hydrogens is 358 g/mol. The molecule has 0 N–H and O–H groups in total. The minimum atomic E-state index is -0.0871. The van der Waals surface area contributed by atoms with Crippen molar-refractivity contribution < 1.29 is 4.79 Å². The number of para-hydroxylation sites is 1. The van der Waals surface area contributed by atoms with Crippen molar-refractivity contribution in [1.82, 2.24) is 15.2 Å². The van der Waals surface area contributed by atoms with Crippen molar-refractivity contribution >= 4 is 28.4 Å². The van der Waals surface area contributed by atoms with Crippen molar-refractivity contribution in [2.24, 2.45) is 0 Å². The van der Waals surface area contributed by atoms with E-state index in [0.717, 1.165) is 22.2 Å². The van der Waals surface area contributed by atoms with Gasteiger partial charge in [-0.15, -0.1) is 10.2 Å². The Morgan fingerprint density at radius 3 is 2.33 bits per heavy atom. The molecular formula is C22H16ClN3O. The summed E-state index contributed by atoms with van der Waals surface area (Å²) >= 11 is 5.96. The quantitative estimate of drug-likeness (QED) is 0.463. The Bertz CT molecular complexity index is 1170. The largest absolute Gasteiger partial charge is 0.289 e. The molecule has 1 heterocycles. The van der Waals surface area contributed by atoms with Crippen molar-refractivity contribution in [3.8, 4) is 11.4 Å². The SMILES string of the molecule is Cc1cc(C)c(C(=O)c2ccc(Cl)cc2)c(-c2nnc3ccccc3n2)c1. The number of ketones is 1. The predicted molar refractivity (Wildman–Crippen MR) is 107 cm³/mol. The highest BCUT2D eigenvalue weighted by atomic mass is 35.5. The fourth-order valence-corrected chi connectivity index (χ4v) is 3.31. The highest BCUT2D eigenvalue weighted by molar-refractivity contribution is 6.30. The van der Waals surface area contributed by atoms with Crippen LogP contribution >= 0.6 is 11.6 Å². The molecule has 132 valence electrons. The first-order chi connectivity index (χ1) is 13.0. The van der Waals surface area contributed by atoms with Crippen LogP contribution in [0.4, 0.5) is 0 Å². The lowest BCUT2D eigenvalue weighted by Crippen LogP contribution is -2.08. The molecule has 0 fully saturated rings. The number of hydrogen-bond donors (Lipinski definition) is 0. The van der Waals surface area contributed by atoms with E-state index >= 15 is 0 Å². The van der Waals surface area contributed by atoms with Crippen LogP contribution in [0, 0.1) is 13.8 Å². The monoisotopic (exact) mass is 373 g/mol. The summed E-state index contributed by atoms with van der Waals surface area (Å²) in [6.45, 7) is 3.91. The molecule has 0 radical (unpaired) electrons. The average Bonchev–Trinajstić information content (AvgIpc) is 2.67. The van der Waals surface area contributed by atoms with Gasteiger partial charge in [0.2, 0.25) is 0 Å². The summed E-state index contributed by atoms with van der Waals surface area (Å²) in [5.41, 5.74) is 5.21. The summed E-state index contributed by atoms with van der Waals surface area (Å²) in [5, 5.41) is 9.13. The summed E-state index contributed by atoms with van der Waals surface area (Å²) in [6.07, 6.45) is 0. The first-order valence-corrected chi connectivity index (χ1v) is 8.92. The summed E-state index contributed by atoms with van der Waals surface area (Å²) in [5.74, 6) is 0.355. The van der Waals surface area contributed by atoms with Crippen molar-refractivity contribution in [1.29, 1.82) is 0 Å². The molecule has 4 rings (SSSR count). The van der Waals surface area contributed by atoms with Gasteiger partial charge in [0.05, 0.1) is 5.52 Å². The van der Waals surface area contributed by atoms with Crippen LogP contribution in [0.1, 0.15) is 27.0 Å². The lowest BCUT2D eigenvalue weighted by atomic mass is 9.92. The fraction of sp³-hybridized carbons (Fsp3) is 0.0909. The zero-order chi connectivity index (χ0) is 19.0. The lowest BCUT2D eigenvalue weighted by Gasteiger charge is -2.13. The second-order valence-electron chi connectivity index (χ2n) is 6.46. The summed E-state index contributed by atoms with van der Waals surface area (Å²) in [4.78, 5) is 17.9. The van der Waals surface area contributed by atoms with Crippen LogP contribution < -0.4 is 0 Å². The van der Waals surface area contributed by atoms with E-state index in [1.807, 2.05) is 50.2 Å². The normalized spacial score (nSPS) is 10.9. The highest BCUT2D eigenvalue weighted by Gasteiger charge is 2.20. The van der Waals surface area contributed by atoms with E-state index in [-0.39, 0.29) is 5.78 Å². The van der Waals surface area contributed by atoms with Crippen molar-refractivity contribution in [2.45, 2.75) is 13.8 Å². The number of rotatable bonds is 3. The molecule has 0 saturated carbocycles. The molecule has 27 heavy (non-hydrogen) atoms. The first kappa shape index (κ1) is 17.3. The fourth-order valence-electron chi connectivity index (χ4n) is 3.19. The molecule has 5 heteroatoms. The third kappa shape index (κ3) is 3.32. The molecule has 0 saturated heterocycles. The number of aryl methyl sites for hydroxylation is 2. The Morgan fingerprint density at radius 2 is 1.59 bits per heavy atom. The van der Waals surface area contributed by atoms with Crippen LogP contribution in [0.3, 0.4) is 0 Å². The van der Waals surface area contributed by atoms with Gasteiger partial charge in [0.15, 0.2) is 11.6 Å². The maximum Gasteiger partial charge on any atom is 0.194 e. The molecule has 0 amide bonds. The van der Waals surface area contributed by atoms with Crippen molar-refractivity contribution in [3.63, 3.8) is 0 Å². The average molecular weight is 374 g/mol. The van der Waals surface area contributed by atoms with Crippen LogP contribution in [-0.2, 0) is 0 Å². The predicted octanol–water partition coefficient (Wildman–Crippen LogP) is 5.19. The molecule has 0 aliphatic rings. The van der Waals surface area contributed by atoms with E-state index in [1.54, 1.807) is 24.3 Å². The number of halogens is 1. The summed E-state index contributed by atoms with van der Waals surface area (Å²) in [6, 6.07) is 18.4. The Hall–Kier alpha value is -3.11. The molecule has 4 nitrogen and oxygen atoms in total. The maximum atomic E-state index is 13.2. The van der Waals surface area contributed by atoms with Gasteiger partial charge in [0.25, 0.3) is 0 Å². The number of fused-ring (bicyclic) bond motifs is 1. The van der Waals surface area contributed by atoms with E-state index in [4.69, 9.17) is 11.6 Å². The minimum Gasteiger partial charge on any atom is -0.289 e. The number of nitrogens with zero attached hydrogens (tertiary/aromatic N) is 3. The van der Waals surface area contributed by atoms with Crippen LogP contribution in [0.25, 0.3) is 22.4 Å². The second-order valence-corrected chi connectivity index (χ2v) is 6.90. The Kier molecular flexibility index (Phi) is 4.42. The summed E-state index contributed by atoms with van der Waals surface area (Å²) in [7, 11) is 0. The van der Waals surface area contributed by atoms with Gasteiger partial charge in [-0.3, -0.25) is 4.79 Å². The Labute approximate surface area is 161 Å². The number of aromatic nitrogens is 3. The van der Waals surface area contributed by atoms with Gasteiger partial charge in [-0.2, -0.15) is 0 Å². The number of hydrogen-bond acceptors (Lipinski definition) is 4. The van der Waals surface area contributed by atoms with Crippen LogP contribution in [0.15, 0.2) is 60.7 Å². The molecule has 4 aromatic rings. The van der Waals surface area contributed by atoms with Gasteiger partial charge in [-0.05, 0) is 61.9 Å². The van der Waals surface area contributed by atoms with Gasteiger partial charge in [0, 0.05) is 21.7 Å². The maximum absolute atomic E-state index is 13.2. The van der Waals surface area contributed by atoms with E-state index in [0.29, 0.717) is 27.5 Å². The Morgan fingerprint density at radius 1 is 0.889 bits per heavy atom. The van der Waals surface area contributed by atoms with Gasteiger partial charge < -0.3 is 0 Å². The molecule has 0 spiro atoms. The van der Waals surface area contributed by atoms with E-state index in [1.165, 1.54) is 0 Å². The van der Waals surface area contributed by atoms with Crippen molar-refractivity contribution in [3.05, 3.63) is 87.9 Å². The molecule has 0 unspecified atom stereocenters. The molecule has 0 aliphatic carbocycles. The van der Waals surface area contributed by atoms with Crippen LogP contribution in [0.2, 0.25) is 5.02 Å². The summed E-state index contributed by atoms with van der Waals surface area (Å²) < 4.78 is 0. The topological polar surface area (TPSA) is 55.7 Å². The second kappa shape index (κ2) is 6.89. The highest BCUT2D eigenvalue weighted by Crippen LogP contribution is 2.28. The third-order valence-corrected chi connectivity index (χ3v) is 4.67. The van der Waals surface area contributed by atoms with Crippen LogP contribution in [0.5, 0.6) is 0 Å². The van der Waals surface area contributed by atoms with Gasteiger partial charge in [0.1, 0.15) is 5.52 Å². The molecule has 0 atom stereocenters. The van der Waals surface area contributed by atoms with E-state index < -0.39 is 0 Å². The van der Waals surface area contributed by atoms with Gasteiger partial charge in [-0.1, -0.05) is 35.4 Å². The van der Waals surface area contributed by atoms with E-state index in [2.05, 4.69) is 15.2 Å². The standard InChI is InChI=1S/C22H16ClN3O/c1-13-11-14(2)20(21(27)15-7-9-16(23)10-8-15)17(12-13)22-24-18-5-3-4-6-19(18)25-26-22/h3-12H,1-2H3. The zero-order valence-corrected chi connectivity index (χ0v) is 15.7. The van der Waals surface area contributed by atoms with Crippen molar-refractivity contribution in [2.75, 3.05) is 0 Å². The number of carbonyl (C=O) groups excluding carboxylic acids is 1. The molecule has 3 aromatic carbocycles.